The van der Waals surface area contributed by atoms with Crippen molar-refractivity contribution in [2.24, 2.45) is 5.73 Å². The van der Waals surface area contributed by atoms with Crippen molar-refractivity contribution in [3.8, 4) is 5.75 Å². The average Bonchev–Trinajstić information content (AvgIpc) is 2.28. The van der Waals surface area contributed by atoms with Gasteiger partial charge in [0.15, 0.2) is 0 Å². The van der Waals surface area contributed by atoms with E-state index in [1.54, 1.807) is 12.4 Å². The van der Waals surface area contributed by atoms with Crippen LogP contribution in [-0.4, -0.2) is 30.8 Å². The standard InChI is InChI=1S/C11H17BrN2O2/c1-2-15-10(6-13)3-4-16-11-5-9(12)7-14-8-11/h5,7-8,10H,2-4,6,13H2,1H3. The lowest BCUT2D eigenvalue weighted by atomic mass is 10.2. The lowest BCUT2D eigenvalue weighted by Crippen LogP contribution is -2.25. The molecule has 1 aromatic rings. The van der Waals surface area contributed by atoms with E-state index in [1.165, 1.54) is 0 Å². The van der Waals surface area contributed by atoms with Gasteiger partial charge in [0, 0.05) is 30.2 Å². The Kier molecular flexibility index (Phi) is 6.37. The van der Waals surface area contributed by atoms with E-state index in [4.69, 9.17) is 15.2 Å². The number of rotatable bonds is 7. The molecule has 1 aromatic heterocycles. The van der Waals surface area contributed by atoms with Gasteiger partial charge in [0.05, 0.1) is 18.9 Å². The minimum Gasteiger partial charge on any atom is -0.492 e. The predicted molar refractivity (Wildman–Crippen MR) is 66.5 cm³/mol. The van der Waals surface area contributed by atoms with Crippen LogP contribution in [0, 0.1) is 0 Å². The Morgan fingerprint density at radius 1 is 1.50 bits per heavy atom. The van der Waals surface area contributed by atoms with Gasteiger partial charge in [-0.15, -0.1) is 0 Å². The zero-order valence-electron chi connectivity index (χ0n) is 9.36. The summed E-state index contributed by atoms with van der Waals surface area (Å²) in [4.78, 5) is 4.01. The largest absolute Gasteiger partial charge is 0.492 e. The summed E-state index contributed by atoms with van der Waals surface area (Å²) >= 11 is 3.33. The van der Waals surface area contributed by atoms with Crippen molar-refractivity contribution in [3.05, 3.63) is 22.9 Å². The summed E-state index contributed by atoms with van der Waals surface area (Å²) in [6.07, 6.45) is 4.26. The lowest BCUT2D eigenvalue weighted by molar-refractivity contribution is 0.0526. The van der Waals surface area contributed by atoms with Gasteiger partial charge in [-0.05, 0) is 28.9 Å². The van der Waals surface area contributed by atoms with Gasteiger partial charge >= 0.3 is 0 Å². The van der Waals surface area contributed by atoms with Crippen molar-refractivity contribution in [3.63, 3.8) is 0 Å². The van der Waals surface area contributed by atoms with Crippen LogP contribution in [0.25, 0.3) is 0 Å². The summed E-state index contributed by atoms with van der Waals surface area (Å²) in [6, 6.07) is 1.88. The molecule has 0 aliphatic heterocycles. The molecule has 2 N–H and O–H groups in total. The van der Waals surface area contributed by atoms with Crippen molar-refractivity contribution in [2.45, 2.75) is 19.4 Å². The highest BCUT2D eigenvalue weighted by Gasteiger charge is 2.06. The number of hydrogen-bond donors (Lipinski definition) is 1. The molecule has 0 aliphatic carbocycles. The van der Waals surface area contributed by atoms with Crippen LogP contribution in [-0.2, 0) is 4.74 Å². The Bertz CT molecular complexity index is 310. The van der Waals surface area contributed by atoms with Crippen LogP contribution in [0.1, 0.15) is 13.3 Å². The Hall–Kier alpha value is -0.650. The van der Waals surface area contributed by atoms with E-state index in [9.17, 15) is 0 Å². The van der Waals surface area contributed by atoms with Crippen LogP contribution < -0.4 is 10.5 Å². The van der Waals surface area contributed by atoms with Crippen molar-refractivity contribution >= 4 is 15.9 Å². The summed E-state index contributed by atoms with van der Waals surface area (Å²) in [5, 5.41) is 0. The molecule has 0 saturated carbocycles. The second kappa shape index (κ2) is 7.60. The van der Waals surface area contributed by atoms with Gasteiger partial charge in [-0.3, -0.25) is 4.98 Å². The highest BCUT2D eigenvalue weighted by Crippen LogP contribution is 2.16. The van der Waals surface area contributed by atoms with E-state index >= 15 is 0 Å². The first kappa shape index (κ1) is 13.4. The van der Waals surface area contributed by atoms with Crippen LogP contribution in [0.3, 0.4) is 0 Å². The summed E-state index contributed by atoms with van der Waals surface area (Å²) in [5.41, 5.74) is 5.56. The van der Waals surface area contributed by atoms with E-state index in [2.05, 4.69) is 20.9 Å². The number of nitrogens with two attached hydrogens (primary N) is 1. The average molecular weight is 289 g/mol. The molecular formula is C11H17BrN2O2. The molecule has 4 nitrogen and oxygen atoms in total. The van der Waals surface area contributed by atoms with Gasteiger partial charge in [0.25, 0.3) is 0 Å². The molecule has 0 radical (unpaired) electrons. The van der Waals surface area contributed by atoms with Crippen molar-refractivity contribution in [2.75, 3.05) is 19.8 Å². The molecule has 16 heavy (non-hydrogen) atoms. The molecule has 90 valence electrons. The molecule has 0 amide bonds. The van der Waals surface area contributed by atoms with Crippen molar-refractivity contribution < 1.29 is 9.47 Å². The van der Waals surface area contributed by atoms with Crippen molar-refractivity contribution in [1.29, 1.82) is 0 Å². The third-order valence-corrected chi connectivity index (χ3v) is 2.49. The molecule has 1 atom stereocenters. The maximum Gasteiger partial charge on any atom is 0.138 e. The van der Waals surface area contributed by atoms with E-state index in [1.807, 2.05) is 13.0 Å². The van der Waals surface area contributed by atoms with Gasteiger partial charge in [-0.2, -0.15) is 0 Å². The number of hydrogen-bond acceptors (Lipinski definition) is 4. The first-order valence-electron chi connectivity index (χ1n) is 5.31. The van der Waals surface area contributed by atoms with Crippen molar-refractivity contribution in [1.82, 2.24) is 4.98 Å². The maximum atomic E-state index is 5.56. The molecule has 0 fully saturated rings. The fourth-order valence-electron chi connectivity index (χ4n) is 1.28. The molecule has 1 rings (SSSR count). The molecular weight excluding hydrogens is 272 g/mol. The molecule has 1 unspecified atom stereocenters. The molecule has 0 bridgehead atoms. The van der Waals surface area contributed by atoms with E-state index < -0.39 is 0 Å². The van der Waals surface area contributed by atoms with Gasteiger partial charge in [-0.25, -0.2) is 0 Å². The Balaban J connectivity index is 2.29. The van der Waals surface area contributed by atoms with E-state index in [0.717, 1.165) is 16.6 Å². The smallest absolute Gasteiger partial charge is 0.138 e. The van der Waals surface area contributed by atoms with Crippen LogP contribution in [0.15, 0.2) is 22.9 Å². The van der Waals surface area contributed by atoms with Gasteiger partial charge in [0.2, 0.25) is 0 Å². The lowest BCUT2D eigenvalue weighted by Gasteiger charge is -2.14. The van der Waals surface area contributed by atoms with Crippen LogP contribution >= 0.6 is 15.9 Å². The maximum absolute atomic E-state index is 5.56. The fraction of sp³-hybridized carbons (Fsp3) is 0.545. The Labute approximate surface area is 104 Å². The van der Waals surface area contributed by atoms with E-state index in [-0.39, 0.29) is 6.10 Å². The number of ether oxygens (including phenoxy) is 2. The zero-order chi connectivity index (χ0) is 11.8. The second-order valence-corrected chi connectivity index (χ2v) is 4.20. The first-order chi connectivity index (χ1) is 7.76. The van der Waals surface area contributed by atoms with Gasteiger partial charge in [-0.1, -0.05) is 0 Å². The zero-order valence-corrected chi connectivity index (χ0v) is 10.9. The van der Waals surface area contributed by atoms with Crippen LogP contribution in [0.2, 0.25) is 0 Å². The normalized spacial score (nSPS) is 12.4. The van der Waals surface area contributed by atoms with Crippen LogP contribution in [0.5, 0.6) is 5.75 Å². The SMILES string of the molecule is CCOC(CN)CCOc1cncc(Br)c1. The molecule has 1 heterocycles. The molecule has 5 heteroatoms. The number of nitrogens with zero attached hydrogens (tertiary/aromatic N) is 1. The van der Waals surface area contributed by atoms with Gasteiger partial charge < -0.3 is 15.2 Å². The first-order valence-corrected chi connectivity index (χ1v) is 6.10. The third-order valence-electron chi connectivity index (χ3n) is 2.05. The summed E-state index contributed by atoms with van der Waals surface area (Å²) in [6.45, 7) is 3.75. The van der Waals surface area contributed by atoms with Gasteiger partial charge in [0.1, 0.15) is 5.75 Å². The summed E-state index contributed by atoms with van der Waals surface area (Å²) in [5.74, 6) is 0.752. The van der Waals surface area contributed by atoms with Crippen LogP contribution in [0.4, 0.5) is 0 Å². The highest BCUT2D eigenvalue weighted by molar-refractivity contribution is 9.10. The third kappa shape index (κ3) is 4.92. The fourth-order valence-corrected chi connectivity index (χ4v) is 1.63. The number of aromatic nitrogens is 1. The molecule has 0 spiro atoms. The number of halogens is 1. The topological polar surface area (TPSA) is 57.4 Å². The Morgan fingerprint density at radius 2 is 2.31 bits per heavy atom. The monoisotopic (exact) mass is 288 g/mol. The predicted octanol–water partition coefficient (Wildman–Crippen LogP) is 1.98. The minimum absolute atomic E-state index is 0.0742. The summed E-state index contributed by atoms with van der Waals surface area (Å²) < 4.78 is 11.9. The molecule has 0 aromatic carbocycles. The second-order valence-electron chi connectivity index (χ2n) is 3.29. The minimum atomic E-state index is 0.0742. The highest BCUT2D eigenvalue weighted by atomic mass is 79.9. The Morgan fingerprint density at radius 3 is 2.94 bits per heavy atom. The summed E-state index contributed by atoms with van der Waals surface area (Å²) in [7, 11) is 0. The van der Waals surface area contributed by atoms with E-state index in [0.29, 0.717) is 19.8 Å². The molecule has 0 saturated heterocycles. The molecule has 0 aliphatic rings. The quantitative estimate of drug-likeness (QED) is 0.834. The number of pyridine rings is 1.